The maximum absolute atomic E-state index is 8.42. The lowest BCUT2D eigenvalue weighted by Crippen LogP contribution is -3.07. The fraction of sp³-hybridized carbons (Fsp3) is 0.867. The predicted molar refractivity (Wildman–Crippen MR) is 636 cm³/mol. The van der Waals surface area contributed by atoms with Crippen LogP contribution >= 0.6 is 0 Å². The molecule has 0 spiro atoms. The number of aryl methyl sites for hydroxylation is 9. The molecule has 834 valence electrons. The van der Waals surface area contributed by atoms with E-state index in [-0.39, 0.29) is 0 Å². The number of nitrogens with one attached hydrogen (secondary N) is 3. The van der Waals surface area contributed by atoms with Crippen LogP contribution in [0.2, 0.25) is 0 Å². The minimum atomic E-state index is -2.92. The zero-order chi connectivity index (χ0) is 104. The summed E-state index contributed by atoms with van der Waals surface area (Å²) in [5, 5.41) is 25.2. The van der Waals surface area contributed by atoms with E-state index in [1.807, 2.05) is 0 Å². The molecular weight excluding hydrogens is 1720 g/mol. The fourth-order valence-corrected chi connectivity index (χ4v) is 23.7. The molecular formula is C135H258BN3O3. The number of quaternary nitrogens is 3. The molecule has 7 heteroatoms. The topological polar surface area (TPSA) is 82.5 Å². The number of benzene rings is 3. The van der Waals surface area contributed by atoms with Gasteiger partial charge >= 0.3 is 0 Å². The third-order valence-electron chi connectivity index (χ3n) is 32.1. The lowest BCUT2D eigenvalue weighted by molar-refractivity contribution is -0.834. The van der Waals surface area contributed by atoms with Crippen molar-refractivity contribution in [2.75, 3.05) is 39.3 Å². The van der Waals surface area contributed by atoms with Gasteiger partial charge in [-0.05, 0) is 139 Å². The monoisotopic (exact) mass is 1980 g/mol. The highest BCUT2D eigenvalue weighted by molar-refractivity contribution is 6.24. The lowest BCUT2D eigenvalue weighted by Gasteiger charge is -2.35. The van der Waals surface area contributed by atoms with Crippen molar-refractivity contribution in [3.8, 4) is 0 Å². The first kappa shape index (κ1) is 139. The van der Waals surface area contributed by atoms with Crippen LogP contribution in [0.3, 0.4) is 0 Å². The van der Waals surface area contributed by atoms with Crippen LogP contribution in [0, 0.1) is 62.3 Å². The van der Waals surface area contributed by atoms with Crippen molar-refractivity contribution in [1.82, 2.24) is 0 Å². The van der Waals surface area contributed by atoms with Gasteiger partial charge in [-0.3, -0.25) is 7.32 Å². The summed E-state index contributed by atoms with van der Waals surface area (Å²) in [5.74, 6) is 0. The maximum atomic E-state index is 8.42. The molecule has 142 heavy (non-hydrogen) atoms. The quantitative estimate of drug-likeness (QED) is 0.0389. The van der Waals surface area contributed by atoms with Crippen molar-refractivity contribution in [3.05, 3.63) is 86.5 Å². The number of hydrogen-bond acceptors (Lipinski definition) is 3. The molecule has 6 nitrogen and oxygen atoms in total. The van der Waals surface area contributed by atoms with E-state index < -0.39 is 7.32 Å². The van der Waals surface area contributed by atoms with Gasteiger partial charge in [-0.15, -0.1) is 0 Å². The minimum absolute atomic E-state index is 1.32. The van der Waals surface area contributed by atoms with Gasteiger partial charge in [0.05, 0.1) is 39.3 Å². The van der Waals surface area contributed by atoms with Crippen LogP contribution < -0.4 is 29.8 Å². The van der Waals surface area contributed by atoms with Crippen molar-refractivity contribution >= 4 is 24.4 Å². The summed E-state index contributed by atoms with van der Waals surface area (Å²) in [6, 6.07) is 14.5. The molecule has 3 aromatic rings. The molecule has 0 atom stereocenters. The Bertz CT molecular complexity index is 2510. The molecule has 0 aliphatic rings. The van der Waals surface area contributed by atoms with E-state index in [0.717, 1.165) is 0 Å². The van der Waals surface area contributed by atoms with E-state index >= 15 is 0 Å². The van der Waals surface area contributed by atoms with Crippen molar-refractivity contribution in [2.45, 2.75) is 720 Å². The van der Waals surface area contributed by atoms with E-state index in [2.05, 4.69) is 140 Å². The first-order valence-electron chi connectivity index (χ1n) is 65.3. The van der Waals surface area contributed by atoms with Crippen molar-refractivity contribution in [3.63, 3.8) is 0 Å². The highest BCUT2D eigenvalue weighted by Gasteiger charge is 2.22. The smallest absolute Gasteiger partial charge is 0.137 e. The van der Waals surface area contributed by atoms with Crippen LogP contribution in [0.4, 0.5) is 17.1 Å². The van der Waals surface area contributed by atoms with Crippen LogP contribution in [0.5, 0.6) is 0 Å². The minimum Gasteiger partial charge on any atom is -0.907 e. The molecule has 0 unspecified atom stereocenters. The Morgan fingerprint density at radius 1 is 0.134 bits per heavy atom. The summed E-state index contributed by atoms with van der Waals surface area (Å²) >= 11 is 0. The molecule has 0 saturated carbocycles. The van der Waals surface area contributed by atoms with E-state index in [0.29, 0.717) is 0 Å². The molecule has 3 rings (SSSR count). The molecule has 0 saturated heterocycles. The molecule has 3 N–H and O–H groups in total. The predicted octanol–water partition coefficient (Wildman–Crippen LogP) is 40.0. The number of unbranched alkanes of at least 4 members (excludes halogenated alkanes) is 90. The summed E-state index contributed by atoms with van der Waals surface area (Å²) in [5.41, 5.74) is 18.2. The Kier molecular flexibility index (Phi) is 109. The van der Waals surface area contributed by atoms with Gasteiger partial charge < -0.3 is 29.8 Å². The largest absolute Gasteiger partial charge is 0.907 e. The molecule has 0 bridgehead atoms. The summed E-state index contributed by atoms with van der Waals surface area (Å²) in [6.07, 6.45) is 139. The Morgan fingerprint density at radius 2 is 0.204 bits per heavy atom. The molecule has 0 aliphatic heterocycles. The second-order valence-corrected chi connectivity index (χ2v) is 46.7. The average Bonchev–Trinajstić information content (AvgIpc) is 0.835. The van der Waals surface area contributed by atoms with E-state index in [4.69, 9.17) is 15.1 Å². The van der Waals surface area contributed by atoms with Crippen LogP contribution in [0.25, 0.3) is 0 Å². The molecule has 3 aromatic carbocycles. The Morgan fingerprint density at radius 3 is 0.282 bits per heavy atom. The van der Waals surface area contributed by atoms with Gasteiger partial charge in [0.1, 0.15) is 17.1 Å². The zero-order valence-electron chi connectivity index (χ0n) is 99.9. The molecule has 0 aliphatic carbocycles. The molecule has 0 aromatic heterocycles. The number of hydrogen-bond donors (Lipinski definition) is 3. The second kappa shape index (κ2) is 111. The Hall–Kier alpha value is -2.52. The molecule has 0 radical (unpaired) electrons. The van der Waals surface area contributed by atoms with Crippen molar-refractivity contribution < 1.29 is 29.8 Å². The lowest BCUT2D eigenvalue weighted by atomic mass is 10.0. The second-order valence-electron chi connectivity index (χ2n) is 46.7. The van der Waals surface area contributed by atoms with E-state index in [9.17, 15) is 0 Å². The number of rotatable bonds is 105. The fourth-order valence-electron chi connectivity index (χ4n) is 23.7. The van der Waals surface area contributed by atoms with Crippen LogP contribution in [0.15, 0.2) is 36.4 Å². The first-order chi connectivity index (χ1) is 69.5. The molecule has 0 fully saturated rings. The highest BCUT2D eigenvalue weighted by Crippen LogP contribution is 2.27. The van der Waals surface area contributed by atoms with Gasteiger partial charge in [-0.25, -0.2) is 0 Å². The maximum Gasteiger partial charge on any atom is 0.137 e. The Labute approximate surface area is 894 Å². The zero-order valence-corrected chi connectivity index (χ0v) is 99.9. The average molecular weight is 1980 g/mol. The van der Waals surface area contributed by atoms with Crippen LogP contribution in [0.1, 0.15) is 708 Å². The highest BCUT2D eigenvalue weighted by atomic mass is 16.5. The SMILES string of the molecule is CCCCCCCCCCCCCCCCCC[NH+](CCCCCCCCCCCCCCCCCC)c1c(C)cc(C)cc1C.CCCCCCCCCCCCCCCCCC[NH+](CCCCCCCCCCCCCCCCCC)c1c(C)cc(C)cc1C.CCCCCCCCCCCCCCCCCC[NH+](CCCCCCCCCCCCCCCCCC)c1c(C)cc(C)cc1C.[O-]B([O-])[O-]. The van der Waals surface area contributed by atoms with Crippen LogP contribution in [-0.2, 0) is 0 Å². The third kappa shape index (κ3) is 93.5. The molecule has 0 heterocycles. The van der Waals surface area contributed by atoms with E-state index in [1.54, 1.807) is 31.8 Å². The van der Waals surface area contributed by atoms with Crippen LogP contribution in [-0.4, -0.2) is 46.6 Å². The Balaban J connectivity index is 0.00000206. The summed E-state index contributed by atoms with van der Waals surface area (Å²) < 4.78 is 0. The van der Waals surface area contributed by atoms with Gasteiger partial charge in [-0.1, -0.05) is 634 Å². The normalized spacial score (nSPS) is 11.6. The first-order valence-corrected chi connectivity index (χ1v) is 65.3. The van der Waals surface area contributed by atoms with Gasteiger partial charge in [0.25, 0.3) is 0 Å². The van der Waals surface area contributed by atoms with Gasteiger partial charge in [0, 0.05) is 33.4 Å². The molecule has 0 amide bonds. The summed E-state index contributed by atoms with van der Waals surface area (Å²) in [7, 11) is -2.92. The summed E-state index contributed by atoms with van der Waals surface area (Å²) in [6.45, 7) is 42.7. The van der Waals surface area contributed by atoms with Gasteiger partial charge in [0.2, 0.25) is 0 Å². The summed E-state index contributed by atoms with van der Waals surface area (Å²) in [4.78, 5) is 5.31. The van der Waals surface area contributed by atoms with Gasteiger partial charge in [-0.2, -0.15) is 0 Å². The third-order valence-corrected chi connectivity index (χ3v) is 32.1. The van der Waals surface area contributed by atoms with Crippen molar-refractivity contribution in [1.29, 1.82) is 0 Å². The van der Waals surface area contributed by atoms with Gasteiger partial charge in [0.15, 0.2) is 0 Å². The standard InChI is InChI=1S/3C45H85N.BO3/c3*1-6-8-10-12-14-16-18-20-22-24-26-28-30-32-34-36-38-46(45-43(4)40-42(3)41-44(45)5)39-37-35-33-31-29-27-25-23-21-19-17-15-13-11-9-7-2;2-1(3)4/h3*40-41H,6-39H2,1-5H3;/q;;;-3/p+3. The van der Waals surface area contributed by atoms with Crippen molar-refractivity contribution in [2.24, 2.45) is 0 Å². The van der Waals surface area contributed by atoms with E-state index in [1.165, 1.54) is 706 Å².